The van der Waals surface area contributed by atoms with Gasteiger partial charge in [-0.2, -0.15) is 5.10 Å². The maximum atomic E-state index is 13.7. The van der Waals surface area contributed by atoms with Gasteiger partial charge >= 0.3 is 0 Å². The first-order valence-electron chi connectivity index (χ1n) is 13.0. The van der Waals surface area contributed by atoms with Crippen molar-refractivity contribution in [3.8, 4) is 28.5 Å². The molecule has 1 aliphatic heterocycles. The van der Waals surface area contributed by atoms with E-state index in [1.165, 1.54) is 0 Å². The number of amides is 1. The minimum atomic E-state index is -0.412. The van der Waals surface area contributed by atoms with Crippen LogP contribution in [0.25, 0.3) is 11.3 Å². The van der Waals surface area contributed by atoms with Gasteiger partial charge in [0.15, 0.2) is 11.5 Å². The second kappa shape index (κ2) is 11.3. The number of ether oxygens (including phenoxy) is 3. The number of phenolic OH excluding ortho intramolecular Hbond substituents is 1. The molecule has 0 saturated carbocycles. The van der Waals surface area contributed by atoms with Crippen molar-refractivity contribution in [1.82, 2.24) is 15.1 Å². The Morgan fingerprint density at radius 2 is 1.81 bits per heavy atom. The minimum absolute atomic E-state index is 0.126. The summed E-state index contributed by atoms with van der Waals surface area (Å²) < 4.78 is 17.4. The lowest BCUT2D eigenvalue weighted by atomic mass is 9.93. The highest BCUT2D eigenvalue weighted by molar-refractivity contribution is 6.00. The fraction of sp³-hybridized carbons (Fsp3) is 0.448. The largest absolute Gasteiger partial charge is 0.507 e. The molecule has 0 fully saturated rings. The topological polar surface area (TPSA) is 96.9 Å². The van der Waals surface area contributed by atoms with Crippen LogP contribution in [0.4, 0.5) is 0 Å². The van der Waals surface area contributed by atoms with E-state index in [9.17, 15) is 9.90 Å². The van der Waals surface area contributed by atoms with E-state index >= 15 is 0 Å². The molecule has 1 amide bonds. The normalized spacial score (nSPS) is 14.9. The van der Waals surface area contributed by atoms with Gasteiger partial charge in [0.05, 0.1) is 25.4 Å². The summed E-state index contributed by atoms with van der Waals surface area (Å²) in [4.78, 5) is 15.5. The number of nitrogens with zero attached hydrogens (tertiary/aromatic N) is 2. The number of fused-ring (bicyclic) bond motifs is 1. The third kappa shape index (κ3) is 5.30. The van der Waals surface area contributed by atoms with E-state index in [1.807, 2.05) is 70.7 Å². The Balaban J connectivity index is 1.83. The van der Waals surface area contributed by atoms with E-state index in [2.05, 4.69) is 10.2 Å². The number of aryl methyl sites for hydroxylation is 2. The van der Waals surface area contributed by atoms with E-state index in [-0.39, 0.29) is 17.8 Å². The molecule has 3 aromatic rings. The maximum absolute atomic E-state index is 13.7. The first-order valence-corrected chi connectivity index (χ1v) is 13.0. The Hall–Kier alpha value is -3.52. The summed E-state index contributed by atoms with van der Waals surface area (Å²) in [6, 6.07) is 9.12. The summed E-state index contributed by atoms with van der Waals surface area (Å²) in [7, 11) is 0. The van der Waals surface area contributed by atoms with Crippen LogP contribution in [-0.4, -0.2) is 58.6 Å². The van der Waals surface area contributed by atoms with Crippen LogP contribution in [0.3, 0.4) is 0 Å². The molecule has 37 heavy (non-hydrogen) atoms. The highest BCUT2D eigenvalue weighted by Gasteiger charge is 2.42. The second-order valence-corrected chi connectivity index (χ2v) is 9.58. The lowest BCUT2D eigenvalue weighted by Crippen LogP contribution is -2.31. The molecule has 1 unspecified atom stereocenters. The summed E-state index contributed by atoms with van der Waals surface area (Å²) in [6.45, 7) is 13.8. The fourth-order valence-corrected chi connectivity index (χ4v) is 5.01. The van der Waals surface area contributed by atoms with Crippen molar-refractivity contribution < 1.29 is 24.1 Å². The smallest absolute Gasteiger partial charge is 0.273 e. The Morgan fingerprint density at radius 1 is 1.08 bits per heavy atom. The molecule has 198 valence electrons. The third-order valence-corrected chi connectivity index (χ3v) is 6.44. The van der Waals surface area contributed by atoms with Crippen molar-refractivity contribution in [2.75, 3.05) is 26.4 Å². The standard InChI is InChI=1S/C29H37N3O5/c1-7-35-22-11-10-20(16-23(22)36-8-2)28-25-26(24-19(6)14-18(5)15-21(24)33)30-31-27(25)29(34)32(28)12-9-13-37-17(3)4/h10-11,14-17,28,33H,7-9,12-13H2,1-6H3,(H,30,31). The summed E-state index contributed by atoms with van der Waals surface area (Å²) >= 11 is 0. The van der Waals surface area contributed by atoms with Crippen molar-refractivity contribution >= 4 is 5.91 Å². The highest BCUT2D eigenvalue weighted by atomic mass is 16.5. The van der Waals surface area contributed by atoms with Gasteiger partial charge in [-0.25, -0.2) is 0 Å². The third-order valence-electron chi connectivity index (χ3n) is 6.44. The molecular weight excluding hydrogens is 470 g/mol. The monoisotopic (exact) mass is 507 g/mol. The minimum Gasteiger partial charge on any atom is -0.507 e. The Labute approximate surface area is 218 Å². The van der Waals surface area contributed by atoms with Gasteiger partial charge in [-0.1, -0.05) is 12.1 Å². The lowest BCUT2D eigenvalue weighted by Gasteiger charge is -2.27. The number of aromatic nitrogens is 2. The molecule has 4 rings (SSSR count). The average molecular weight is 508 g/mol. The first-order chi connectivity index (χ1) is 17.8. The lowest BCUT2D eigenvalue weighted by molar-refractivity contribution is 0.0601. The van der Waals surface area contributed by atoms with Gasteiger partial charge in [0.25, 0.3) is 5.91 Å². The van der Waals surface area contributed by atoms with Gasteiger partial charge in [0, 0.05) is 24.3 Å². The summed E-state index contributed by atoms with van der Waals surface area (Å²) in [5.41, 5.74) is 5.13. The number of carbonyl (C=O) groups is 1. The molecule has 0 spiro atoms. The van der Waals surface area contributed by atoms with E-state index in [0.717, 1.165) is 22.3 Å². The van der Waals surface area contributed by atoms with Crippen molar-refractivity contribution in [2.45, 2.75) is 60.1 Å². The number of nitrogens with one attached hydrogen (secondary N) is 1. The first kappa shape index (κ1) is 26.5. The number of benzene rings is 2. The van der Waals surface area contributed by atoms with Crippen molar-refractivity contribution in [2.24, 2.45) is 0 Å². The molecule has 0 aliphatic carbocycles. The van der Waals surface area contributed by atoms with Crippen LogP contribution in [0.1, 0.15) is 72.9 Å². The molecule has 1 atom stereocenters. The molecule has 8 heteroatoms. The maximum Gasteiger partial charge on any atom is 0.273 e. The summed E-state index contributed by atoms with van der Waals surface area (Å²) in [5, 5.41) is 18.4. The number of aromatic amines is 1. The molecule has 0 bridgehead atoms. The highest BCUT2D eigenvalue weighted by Crippen LogP contribution is 2.46. The van der Waals surface area contributed by atoms with E-state index in [0.29, 0.717) is 61.2 Å². The molecule has 2 N–H and O–H groups in total. The Kier molecular flexibility index (Phi) is 8.07. The van der Waals surface area contributed by atoms with Crippen molar-refractivity contribution in [3.63, 3.8) is 0 Å². The number of hydrogen-bond acceptors (Lipinski definition) is 6. The summed E-state index contributed by atoms with van der Waals surface area (Å²) in [6.07, 6.45) is 0.818. The molecule has 0 saturated heterocycles. The van der Waals surface area contributed by atoms with E-state index in [1.54, 1.807) is 6.07 Å². The zero-order valence-electron chi connectivity index (χ0n) is 22.6. The SMILES string of the molecule is CCOc1ccc(C2c3c(-c4c(C)cc(C)cc4O)n[nH]c3C(=O)N2CCCOC(C)C)cc1OCC. The van der Waals surface area contributed by atoms with Crippen LogP contribution in [0.15, 0.2) is 30.3 Å². The van der Waals surface area contributed by atoms with Crippen LogP contribution in [-0.2, 0) is 4.74 Å². The molecule has 2 aromatic carbocycles. The zero-order valence-corrected chi connectivity index (χ0v) is 22.6. The van der Waals surface area contributed by atoms with Crippen LogP contribution < -0.4 is 9.47 Å². The van der Waals surface area contributed by atoms with Crippen molar-refractivity contribution in [3.05, 3.63) is 58.3 Å². The predicted octanol–water partition coefficient (Wildman–Crippen LogP) is 5.56. The number of H-pyrrole nitrogens is 1. The Bertz CT molecular complexity index is 1240. The molecule has 2 heterocycles. The van der Waals surface area contributed by atoms with Gasteiger partial charge in [-0.15, -0.1) is 0 Å². The second-order valence-electron chi connectivity index (χ2n) is 9.58. The van der Waals surface area contributed by atoms with Gasteiger partial charge in [-0.3, -0.25) is 9.89 Å². The van der Waals surface area contributed by atoms with Gasteiger partial charge in [-0.05, 0) is 82.9 Å². The molecule has 1 aromatic heterocycles. The quantitative estimate of drug-likeness (QED) is 0.330. The number of rotatable bonds is 11. The van der Waals surface area contributed by atoms with Crippen LogP contribution >= 0.6 is 0 Å². The number of carbonyl (C=O) groups excluding carboxylic acids is 1. The molecule has 8 nitrogen and oxygen atoms in total. The number of hydrogen-bond donors (Lipinski definition) is 2. The number of aromatic hydroxyl groups is 1. The van der Waals surface area contributed by atoms with Gasteiger partial charge in [0.2, 0.25) is 0 Å². The van der Waals surface area contributed by atoms with Gasteiger partial charge in [0.1, 0.15) is 17.1 Å². The predicted molar refractivity (Wildman–Crippen MR) is 143 cm³/mol. The fourth-order valence-electron chi connectivity index (χ4n) is 5.01. The Morgan fingerprint density at radius 3 is 2.49 bits per heavy atom. The molecular formula is C29H37N3O5. The van der Waals surface area contributed by atoms with E-state index in [4.69, 9.17) is 14.2 Å². The summed E-state index contributed by atoms with van der Waals surface area (Å²) in [5.74, 6) is 1.31. The molecule has 0 radical (unpaired) electrons. The van der Waals surface area contributed by atoms with Crippen LogP contribution in [0.2, 0.25) is 0 Å². The van der Waals surface area contributed by atoms with Crippen LogP contribution in [0.5, 0.6) is 17.2 Å². The van der Waals surface area contributed by atoms with Gasteiger partial charge < -0.3 is 24.2 Å². The average Bonchev–Trinajstić information content (AvgIpc) is 3.36. The molecule has 1 aliphatic rings. The zero-order chi connectivity index (χ0) is 26.7. The van der Waals surface area contributed by atoms with E-state index < -0.39 is 6.04 Å². The number of phenols is 1. The van der Waals surface area contributed by atoms with Crippen LogP contribution in [0, 0.1) is 13.8 Å². The van der Waals surface area contributed by atoms with Crippen molar-refractivity contribution in [1.29, 1.82) is 0 Å².